The van der Waals surface area contributed by atoms with Crippen molar-refractivity contribution in [3.63, 3.8) is 0 Å². The third kappa shape index (κ3) is 3.17. The normalized spacial score (nSPS) is 11.7. The van der Waals surface area contributed by atoms with Crippen LogP contribution in [0.15, 0.2) is 133 Å². The fourth-order valence-corrected chi connectivity index (χ4v) is 7.13. The van der Waals surface area contributed by atoms with Gasteiger partial charge >= 0.3 is 0 Å². The SMILES string of the molecule is c1ccc(-c2ccccc2-c2ccccc2-c2cccc3sc4ccc5c6ccccc6[nH]c5c4c23)cc1. The van der Waals surface area contributed by atoms with Gasteiger partial charge in [0.1, 0.15) is 0 Å². The first-order valence-corrected chi connectivity index (χ1v) is 13.8. The zero-order valence-corrected chi connectivity index (χ0v) is 21.4. The van der Waals surface area contributed by atoms with Crippen molar-refractivity contribution in [3.05, 3.63) is 133 Å². The Balaban J connectivity index is 1.46. The number of hydrogen-bond donors (Lipinski definition) is 1. The lowest BCUT2D eigenvalue weighted by Gasteiger charge is -2.15. The zero-order chi connectivity index (χ0) is 25.1. The molecule has 38 heavy (non-hydrogen) atoms. The Morgan fingerprint density at radius 1 is 0.395 bits per heavy atom. The molecule has 0 atom stereocenters. The lowest BCUT2D eigenvalue weighted by molar-refractivity contribution is 1.57. The van der Waals surface area contributed by atoms with Gasteiger partial charge in [-0.1, -0.05) is 115 Å². The van der Waals surface area contributed by atoms with Gasteiger partial charge in [-0.2, -0.15) is 0 Å². The Bertz CT molecular complexity index is 2130. The third-order valence-corrected chi connectivity index (χ3v) is 8.78. The van der Waals surface area contributed by atoms with Crippen molar-refractivity contribution in [2.45, 2.75) is 0 Å². The standard InChI is InChI=1S/C36H23NS/c1-2-11-23(12-3-1)24-13-4-5-14-25(24)26-15-6-7-16-27(26)29-18-10-20-32-34(29)35-33(38-32)22-21-30-28-17-8-9-19-31(28)37-36(30)35/h1-22,37H. The van der Waals surface area contributed by atoms with Crippen LogP contribution >= 0.6 is 11.3 Å². The van der Waals surface area contributed by atoms with E-state index in [1.165, 1.54) is 75.4 Å². The Labute approximate surface area is 224 Å². The molecule has 0 saturated heterocycles. The molecule has 2 aromatic heterocycles. The zero-order valence-electron chi connectivity index (χ0n) is 20.6. The molecule has 1 nitrogen and oxygen atoms in total. The first-order valence-electron chi connectivity index (χ1n) is 13.0. The fourth-order valence-electron chi connectivity index (χ4n) is 5.99. The van der Waals surface area contributed by atoms with Gasteiger partial charge < -0.3 is 4.98 Å². The largest absolute Gasteiger partial charge is 0.354 e. The summed E-state index contributed by atoms with van der Waals surface area (Å²) in [6.07, 6.45) is 0. The maximum absolute atomic E-state index is 3.76. The summed E-state index contributed by atoms with van der Waals surface area (Å²) in [5, 5.41) is 5.21. The van der Waals surface area contributed by atoms with Crippen LogP contribution in [-0.4, -0.2) is 4.98 Å². The van der Waals surface area contributed by atoms with Gasteiger partial charge in [-0.15, -0.1) is 11.3 Å². The van der Waals surface area contributed by atoms with E-state index in [0.29, 0.717) is 0 Å². The molecule has 2 heteroatoms. The van der Waals surface area contributed by atoms with E-state index < -0.39 is 0 Å². The van der Waals surface area contributed by atoms with Crippen LogP contribution in [0, 0.1) is 0 Å². The third-order valence-electron chi connectivity index (χ3n) is 7.66. The summed E-state index contributed by atoms with van der Waals surface area (Å²) >= 11 is 1.88. The molecule has 0 radical (unpaired) electrons. The molecule has 8 rings (SSSR count). The van der Waals surface area contributed by atoms with Crippen molar-refractivity contribution in [1.82, 2.24) is 4.98 Å². The van der Waals surface area contributed by atoms with Gasteiger partial charge in [0.05, 0.1) is 5.52 Å². The minimum Gasteiger partial charge on any atom is -0.354 e. The molecule has 0 saturated carbocycles. The number of para-hydroxylation sites is 1. The molecular weight excluding hydrogens is 478 g/mol. The Kier molecular flexibility index (Phi) is 4.76. The molecule has 0 bridgehead atoms. The number of benzene rings is 6. The number of hydrogen-bond acceptors (Lipinski definition) is 1. The molecule has 0 aliphatic rings. The van der Waals surface area contributed by atoms with Crippen LogP contribution in [0.3, 0.4) is 0 Å². The van der Waals surface area contributed by atoms with E-state index in [9.17, 15) is 0 Å². The van der Waals surface area contributed by atoms with E-state index in [2.05, 4.69) is 138 Å². The van der Waals surface area contributed by atoms with Crippen LogP contribution in [0.4, 0.5) is 0 Å². The van der Waals surface area contributed by atoms with Gasteiger partial charge in [0.15, 0.2) is 0 Å². The van der Waals surface area contributed by atoms with Crippen molar-refractivity contribution < 1.29 is 0 Å². The molecule has 6 aromatic carbocycles. The summed E-state index contributed by atoms with van der Waals surface area (Å²) in [5.74, 6) is 0. The second-order valence-electron chi connectivity index (χ2n) is 9.77. The summed E-state index contributed by atoms with van der Waals surface area (Å²) in [5.41, 5.74) is 9.93. The van der Waals surface area contributed by atoms with E-state index in [-0.39, 0.29) is 0 Å². The summed E-state index contributed by atoms with van der Waals surface area (Å²) in [6, 6.07) is 48.3. The topological polar surface area (TPSA) is 15.8 Å². The highest BCUT2D eigenvalue weighted by atomic mass is 32.1. The predicted molar refractivity (Wildman–Crippen MR) is 165 cm³/mol. The molecule has 0 amide bonds. The Hall–Kier alpha value is -4.66. The predicted octanol–water partition coefficient (Wildman–Crippen LogP) is 10.7. The quantitative estimate of drug-likeness (QED) is 0.248. The highest BCUT2D eigenvalue weighted by Gasteiger charge is 2.18. The lowest BCUT2D eigenvalue weighted by atomic mass is 9.88. The minimum atomic E-state index is 1.18. The molecule has 178 valence electrons. The molecule has 0 unspecified atom stereocenters. The van der Waals surface area contributed by atoms with Crippen LogP contribution in [-0.2, 0) is 0 Å². The number of fused-ring (bicyclic) bond motifs is 7. The maximum Gasteiger partial charge on any atom is 0.0559 e. The van der Waals surface area contributed by atoms with Gasteiger partial charge in [0.2, 0.25) is 0 Å². The van der Waals surface area contributed by atoms with E-state index in [1.54, 1.807) is 0 Å². The molecule has 0 aliphatic heterocycles. The molecule has 0 aliphatic carbocycles. The summed E-state index contributed by atoms with van der Waals surface area (Å²) in [4.78, 5) is 3.76. The van der Waals surface area contributed by atoms with Crippen LogP contribution in [0.2, 0.25) is 0 Å². The van der Waals surface area contributed by atoms with Crippen LogP contribution in [0.1, 0.15) is 0 Å². The Morgan fingerprint density at radius 2 is 1.00 bits per heavy atom. The first-order chi connectivity index (χ1) is 18.9. The number of rotatable bonds is 3. The van der Waals surface area contributed by atoms with Crippen molar-refractivity contribution in [1.29, 1.82) is 0 Å². The van der Waals surface area contributed by atoms with Crippen molar-refractivity contribution in [2.24, 2.45) is 0 Å². The van der Waals surface area contributed by atoms with Crippen LogP contribution in [0.5, 0.6) is 0 Å². The van der Waals surface area contributed by atoms with E-state index in [4.69, 9.17) is 0 Å². The molecule has 2 heterocycles. The minimum absolute atomic E-state index is 1.18. The monoisotopic (exact) mass is 501 g/mol. The van der Waals surface area contributed by atoms with Gasteiger partial charge in [0.25, 0.3) is 0 Å². The average Bonchev–Trinajstić information content (AvgIpc) is 3.56. The van der Waals surface area contributed by atoms with E-state index >= 15 is 0 Å². The molecular formula is C36H23NS. The smallest absolute Gasteiger partial charge is 0.0559 e. The first kappa shape index (κ1) is 21.4. The van der Waals surface area contributed by atoms with Gasteiger partial charge in [0, 0.05) is 36.5 Å². The molecule has 8 aromatic rings. The number of aromatic nitrogens is 1. The second kappa shape index (κ2) is 8.44. The summed E-state index contributed by atoms with van der Waals surface area (Å²) in [7, 11) is 0. The number of thiophene rings is 1. The fraction of sp³-hybridized carbons (Fsp3) is 0. The number of H-pyrrole nitrogens is 1. The Morgan fingerprint density at radius 3 is 1.82 bits per heavy atom. The lowest BCUT2D eigenvalue weighted by Crippen LogP contribution is -1.89. The van der Waals surface area contributed by atoms with Crippen molar-refractivity contribution in [2.75, 3.05) is 0 Å². The summed E-state index contributed by atoms with van der Waals surface area (Å²) in [6.45, 7) is 0. The maximum atomic E-state index is 3.76. The van der Waals surface area contributed by atoms with Crippen LogP contribution < -0.4 is 0 Å². The molecule has 0 fully saturated rings. The second-order valence-corrected chi connectivity index (χ2v) is 10.9. The molecule has 0 spiro atoms. The number of nitrogens with one attached hydrogen (secondary N) is 1. The summed E-state index contributed by atoms with van der Waals surface area (Å²) < 4.78 is 2.63. The average molecular weight is 502 g/mol. The van der Waals surface area contributed by atoms with E-state index in [0.717, 1.165) is 0 Å². The highest BCUT2D eigenvalue weighted by Crippen LogP contribution is 2.46. The van der Waals surface area contributed by atoms with Gasteiger partial charge in [-0.25, -0.2) is 0 Å². The van der Waals surface area contributed by atoms with Gasteiger partial charge in [-0.3, -0.25) is 0 Å². The van der Waals surface area contributed by atoms with Crippen molar-refractivity contribution in [3.8, 4) is 33.4 Å². The van der Waals surface area contributed by atoms with Crippen molar-refractivity contribution >= 4 is 53.3 Å². The van der Waals surface area contributed by atoms with E-state index in [1.807, 2.05) is 11.3 Å². The molecule has 1 N–H and O–H groups in total. The van der Waals surface area contributed by atoms with Gasteiger partial charge in [-0.05, 0) is 51.6 Å². The highest BCUT2D eigenvalue weighted by molar-refractivity contribution is 7.26. The number of aromatic amines is 1. The van der Waals surface area contributed by atoms with Crippen LogP contribution in [0.25, 0.3) is 75.4 Å².